The number of nitrogens with one attached hydrogen (secondary N) is 1. The molecule has 0 saturated heterocycles. The maximum Gasteiger partial charge on any atom is 0.240 e. The van der Waals surface area contributed by atoms with Gasteiger partial charge in [-0.2, -0.15) is 0 Å². The molecule has 2 atom stereocenters. The minimum atomic E-state index is -0.820. The van der Waals surface area contributed by atoms with Crippen LogP contribution in [0.2, 0.25) is 0 Å². The molecule has 0 bridgehead atoms. The molecule has 0 aromatic carbocycles. The quantitative estimate of drug-likeness (QED) is 0.690. The molecule has 5 nitrogen and oxygen atoms in total. The zero-order valence-corrected chi connectivity index (χ0v) is 13.1. The molecule has 1 rings (SSSR count). The average Bonchev–Trinajstić information content (AvgIpc) is 2.33. The summed E-state index contributed by atoms with van der Waals surface area (Å²) in [4.78, 5) is 12.1. The number of halogens is 1. The monoisotopic (exact) mass is 294 g/mol. The Morgan fingerprint density at radius 2 is 2.11 bits per heavy atom. The molecule has 0 aliphatic heterocycles. The first-order valence-corrected chi connectivity index (χ1v) is 6.58. The van der Waals surface area contributed by atoms with Crippen molar-refractivity contribution in [1.82, 2.24) is 5.32 Å². The number of amides is 1. The summed E-state index contributed by atoms with van der Waals surface area (Å²) in [6, 6.07) is 0. The molecule has 0 spiro atoms. The zero-order chi connectivity index (χ0) is 13.8. The second kappa shape index (κ2) is 7.43. The molecule has 3 N–H and O–H groups in total. The zero-order valence-electron chi connectivity index (χ0n) is 12.3. The van der Waals surface area contributed by atoms with Crippen LogP contribution in [0.25, 0.3) is 0 Å². The Morgan fingerprint density at radius 3 is 2.58 bits per heavy atom. The first-order valence-electron chi connectivity index (χ1n) is 6.58. The minimum Gasteiger partial charge on any atom is -0.385 e. The van der Waals surface area contributed by atoms with Gasteiger partial charge in [0.15, 0.2) is 0 Å². The molecule has 0 aromatic heterocycles. The van der Waals surface area contributed by atoms with Gasteiger partial charge in [-0.3, -0.25) is 4.79 Å². The third-order valence-corrected chi connectivity index (χ3v) is 4.05. The molecule has 6 heteroatoms. The van der Waals surface area contributed by atoms with Gasteiger partial charge in [0, 0.05) is 38.7 Å². The van der Waals surface area contributed by atoms with Gasteiger partial charge in [0.1, 0.15) is 5.54 Å². The van der Waals surface area contributed by atoms with Gasteiger partial charge >= 0.3 is 0 Å². The standard InChI is InChI=1S/C13H26N2O3.ClH/c1-5-18-10-9-13(14,12(10,2)3)11(16)15-7-6-8-17-4;/h10H,5-9,14H2,1-4H3,(H,15,16);1H. The van der Waals surface area contributed by atoms with E-state index < -0.39 is 5.54 Å². The first kappa shape index (κ1) is 18.6. The average molecular weight is 295 g/mol. The van der Waals surface area contributed by atoms with Gasteiger partial charge in [-0.05, 0) is 13.3 Å². The van der Waals surface area contributed by atoms with Gasteiger partial charge in [-0.1, -0.05) is 13.8 Å². The topological polar surface area (TPSA) is 73.6 Å². The number of ether oxygens (including phenoxy) is 2. The summed E-state index contributed by atoms with van der Waals surface area (Å²) in [5, 5.41) is 2.88. The SMILES string of the molecule is CCOC1CC(N)(C(=O)NCCCOC)C1(C)C.Cl. The lowest BCUT2D eigenvalue weighted by Crippen LogP contribution is -2.75. The van der Waals surface area contributed by atoms with Crippen molar-refractivity contribution in [2.75, 3.05) is 26.9 Å². The molecule has 0 aromatic rings. The molecular formula is C13H27ClN2O3. The summed E-state index contributed by atoms with van der Waals surface area (Å²) in [6.45, 7) is 7.83. The lowest BCUT2D eigenvalue weighted by atomic mass is 9.54. The van der Waals surface area contributed by atoms with Gasteiger partial charge in [0.25, 0.3) is 0 Å². The van der Waals surface area contributed by atoms with E-state index in [0.717, 1.165) is 6.42 Å². The fraction of sp³-hybridized carbons (Fsp3) is 0.923. The third-order valence-electron chi connectivity index (χ3n) is 4.05. The van der Waals surface area contributed by atoms with E-state index >= 15 is 0 Å². The van der Waals surface area contributed by atoms with Gasteiger partial charge in [0.2, 0.25) is 5.91 Å². The molecular weight excluding hydrogens is 268 g/mol. The Bertz CT molecular complexity index is 300. The molecule has 1 aliphatic rings. The highest BCUT2D eigenvalue weighted by Gasteiger charge is 2.62. The van der Waals surface area contributed by atoms with E-state index in [1.807, 2.05) is 20.8 Å². The van der Waals surface area contributed by atoms with E-state index in [4.69, 9.17) is 15.2 Å². The number of carbonyl (C=O) groups is 1. The van der Waals surface area contributed by atoms with Crippen LogP contribution in [0, 0.1) is 5.41 Å². The highest BCUT2D eigenvalue weighted by atomic mass is 35.5. The van der Waals surface area contributed by atoms with Crippen molar-refractivity contribution < 1.29 is 14.3 Å². The van der Waals surface area contributed by atoms with Crippen molar-refractivity contribution in [1.29, 1.82) is 0 Å². The molecule has 114 valence electrons. The normalized spacial score (nSPS) is 28.2. The summed E-state index contributed by atoms with van der Waals surface area (Å²) >= 11 is 0. The van der Waals surface area contributed by atoms with Crippen LogP contribution in [0.15, 0.2) is 0 Å². The number of nitrogens with two attached hydrogens (primary N) is 1. The van der Waals surface area contributed by atoms with Crippen LogP contribution in [0.5, 0.6) is 0 Å². The number of rotatable bonds is 7. The smallest absolute Gasteiger partial charge is 0.240 e. The molecule has 1 fully saturated rings. The summed E-state index contributed by atoms with van der Waals surface area (Å²) in [6.07, 6.45) is 1.45. The lowest BCUT2D eigenvalue weighted by molar-refractivity contribution is -0.170. The van der Waals surface area contributed by atoms with E-state index in [1.165, 1.54) is 0 Å². The highest BCUT2D eigenvalue weighted by Crippen LogP contribution is 2.49. The summed E-state index contributed by atoms with van der Waals surface area (Å²) in [7, 11) is 1.65. The van der Waals surface area contributed by atoms with Crippen molar-refractivity contribution in [2.24, 2.45) is 11.1 Å². The Labute approximate surface area is 122 Å². The molecule has 1 saturated carbocycles. The van der Waals surface area contributed by atoms with Crippen molar-refractivity contribution >= 4 is 18.3 Å². The van der Waals surface area contributed by atoms with E-state index in [-0.39, 0.29) is 29.8 Å². The second-order valence-corrected chi connectivity index (χ2v) is 5.44. The van der Waals surface area contributed by atoms with Crippen LogP contribution in [-0.2, 0) is 14.3 Å². The van der Waals surface area contributed by atoms with E-state index in [9.17, 15) is 4.79 Å². The van der Waals surface area contributed by atoms with Crippen LogP contribution in [-0.4, -0.2) is 44.4 Å². The Kier molecular flexibility index (Phi) is 7.29. The Hall–Kier alpha value is -0.360. The number of carbonyl (C=O) groups excluding carboxylic acids is 1. The fourth-order valence-electron chi connectivity index (χ4n) is 2.40. The fourth-order valence-corrected chi connectivity index (χ4v) is 2.40. The first-order chi connectivity index (χ1) is 8.40. The van der Waals surface area contributed by atoms with Gasteiger partial charge < -0.3 is 20.5 Å². The predicted molar refractivity (Wildman–Crippen MR) is 77.5 cm³/mol. The number of hydrogen-bond donors (Lipinski definition) is 2. The maximum absolute atomic E-state index is 12.1. The summed E-state index contributed by atoms with van der Waals surface area (Å²) in [5.41, 5.74) is 5.09. The molecule has 1 amide bonds. The van der Waals surface area contributed by atoms with Gasteiger partial charge in [-0.15, -0.1) is 12.4 Å². The van der Waals surface area contributed by atoms with Crippen molar-refractivity contribution in [3.8, 4) is 0 Å². The van der Waals surface area contributed by atoms with Gasteiger partial charge in [-0.25, -0.2) is 0 Å². The second-order valence-electron chi connectivity index (χ2n) is 5.44. The number of hydrogen-bond acceptors (Lipinski definition) is 4. The van der Waals surface area contributed by atoms with Crippen LogP contribution in [0.3, 0.4) is 0 Å². The third kappa shape index (κ3) is 3.60. The minimum absolute atomic E-state index is 0. The van der Waals surface area contributed by atoms with Crippen LogP contribution in [0.1, 0.15) is 33.6 Å². The van der Waals surface area contributed by atoms with E-state index in [2.05, 4.69) is 5.32 Å². The van der Waals surface area contributed by atoms with E-state index in [0.29, 0.717) is 26.2 Å². The maximum atomic E-state index is 12.1. The lowest BCUT2D eigenvalue weighted by Gasteiger charge is -2.57. The summed E-state index contributed by atoms with van der Waals surface area (Å²) < 4.78 is 10.5. The van der Waals surface area contributed by atoms with Gasteiger partial charge in [0.05, 0.1) is 6.10 Å². The largest absolute Gasteiger partial charge is 0.385 e. The molecule has 0 heterocycles. The van der Waals surface area contributed by atoms with Crippen molar-refractivity contribution in [3.05, 3.63) is 0 Å². The molecule has 0 radical (unpaired) electrons. The molecule has 2 unspecified atom stereocenters. The predicted octanol–water partition coefficient (Wildman–Crippen LogP) is 1.09. The number of methoxy groups -OCH3 is 1. The van der Waals surface area contributed by atoms with E-state index in [1.54, 1.807) is 7.11 Å². The van der Waals surface area contributed by atoms with Crippen LogP contribution < -0.4 is 11.1 Å². The van der Waals surface area contributed by atoms with Crippen molar-refractivity contribution in [2.45, 2.75) is 45.3 Å². The van der Waals surface area contributed by atoms with Crippen LogP contribution in [0.4, 0.5) is 0 Å². The molecule has 19 heavy (non-hydrogen) atoms. The Balaban J connectivity index is 0.00000324. The summed E-state index contributed by atoms with van der Waals surface area (Å²) in [5.74, 6) is -0.0837. The molecule has 1 aliphatic carbocycles. The van der Waals surface area contributed by atoms with Crippen LogP contribution >= 0.6 is 12.4 Å². The Morgan fingerprint density at radius 1 is 1.47 bits per heavy atom. The highest BCUT2D eigenvalue weighted by molar-refractivity contribution is 5.88. The van der Waals surface area contributed by atoms with Crippen molar-refractivity contribution in [3.63, 3.8) is 0 Å².